The molecule has 0 rings (SSSR count). The molecule has 0 aliphatic carbocycles. The molecule has 0 amide bonds. The first-order chi connectivity index (χ1) is 7.67. The summed E-state index contributed by atoms with van der Waals surface area (Å²) in [5.41, 5.74) is 1.20. The van der Waals surface area contributed by atoms with Crippen molar-refractivity contribution in [3.63, 3.8) is 0 Å². The van der Waals surface area contributed by atoms with E-state index in [9.17, 15) is 0 Å². The van der Waals surface area contributed by atoms with Crippen molar-refractivity contribution in [3.05, 3.63) is 9.67 Å². The van der Waals surface area contributed by atoms with E-state index in [4.69, 9.17) is 9.22 Å². The molecule has 0 spiro atoms. The molecule has 0 unspecified atom stereocenters. The van der Waals surface area contributed by atoms with Gasteiger partial charge in [-0.3, -0.25) is 0 Å². The molecule has 0 atom stereocenters. The van der Waals surface area contributed by atoms with E-state index in [1.165, 1.54) is 5.57 Å². The van der Waals surface area contributed by atoms with Gasteiger partial charge in [-0.05, 0) is 0 Å². The van der Waals surface area contributed by atoms with Crippen LogP contribution in [-0.2, 0) is 9.22 Å². The van der Waals surface area contributed by atoms with E-state index >= 15 is 0 Å². The molecule has 0 heterocycles. The second kappa shape index (κ2) is 7.77. The van der Waals surface area contributed by atoms with Crippen molar-refractivity contribution < 1.29 is 9.22 Å². The maximum absolute atomic E-state index is 6.06. The third-order valence-electron chi connectivity index (χ3n) is 1.67. The van der Waals surface area contributed by atoms with Crippen molar-refractivity contribution in [2.75, 3.05) is 0 Å². The fraction of sp³-hybridized carbons (Fsp3) is 0.846. The Morgan fingerprint density at radius 2 is 1.06 bits per heavy atom. The van der Waals surface area contributed by atoms with Gasteiger partial charge in [-0.1, -0.05) is 0 Å². The van der Waals surface area contributed by atoms with Gasteiger partial charge in [-0.25, -0.2) is 0 Å². The zero-order chi connectivity index (χ0) is 13.6. The van der Waals surface area contributed by atoms with Crippen LogP contribution in [0.1, 0.15) is 55.4 Å². The minimum atomic E-state index is -3.55. The zero-order valence-electron chi connectivity index (χ0n) is 12.5. The predicted octanol–water partition coefficient (Wildman–Crippen LogP) is 3.71. The summed E-state index contributed by atoms with van der Waals surface area (Å²) >= 11 is -3.55. The van der Waals surface area contributed by atoms with Crippen LogP contribution in [0.4, 0.5) is 0 Å². The standard InChI is InChI=1S/C4H7.3C3H7O.Sn/c1-4(2)3;3*1-3(2)4;/h1H,2-3H3;3*3H,1-2H3;/q;3*-1;+3. The average Bonchev–Trinajstić information content (AvgIpc) is 1.95. The molecular weight excluding hydrogens is 323 g/mol. The molecule has 0 saturated carbocycles. The summed E-state index contributed by atoms with van der Waals surface area (Å²) in [7, 11) is 0. The van der Waals surface area contributed by atoms with E-state index in [0.29, 0.717) is 0 Å². The van der Waals surface area contributed by atoms with Crippen LogP contribution >= 0.6 is 0 Å². The molecule has 0 N–H and O–H groups in total. The van der Waals surface area contributed by atoms with Crippen molar-refractivity contribution in [1.82, 2.24) is 0 Å². The summed E-state index contributed by atoms with van der Waals surface area (Å²) < 4.78 is 20.3. The van der Waals surface area contributed by atoms with E-state index in [-0.39, 0.29) is 18.3 Å². The van der Waals surface area contributed by atoms with Gasteiger partial charge in [0.25, 0.3) is 0 Å². The molecular formula is C13H28O3Sn. The van der Waals surface area contributed by atoms with E-state index in [2.05, 4.69) is 17.9 Å². The fourth-order valence-corrected chi connectivity index (χ4v) is 10.2. The third kappa shape index (κ3) is 8.19. The second-order valence-corrected chi connectivity index (χ2v) is 11.6. The Kier molecular flexibility index (Phi) is 7.96. The molecule has 0 saturated heterocycles. The van der Waals surface area contributed by atoms with Gasteiger partial charge in [0.2, 0.25) is 0 Å². The van der Waals surface area contributed by atoms with E-state index < -0.39 is 19.6 Å². The molecule has 0 fully saturated rings. The SMILES string of the molecule is CC(C)=[CH][Sn]([O]C(C)C)([O]C(C)C)[O]C(C)C. The Labute approximate surface area is 112 Å². The zero-order valence-corrected chi connectivity index (χ0v) is 15.4. The van der Waals surface area contributed by atoms with Gasteiger partial charge >= 0.3 is 112 Å². The van der Waals surface area contributed by atoms with Gasteiger partial charge in [0, 0.05) is 0 Å². The monoisotopic (exact) mass is 352 g/mol. The van der Waals surface area contributed by atoms with Crippen LogP contribution in [0.5, 0.6) is 0 Å². The minimum absolute atomic E-state index is 0.124. The van der Waals surface area contributed by atoms with Crippen molar-refractivity contribution in [2.24, 2.45) is 0 Å². The van der Waals surface area contributed by atoms with Gasteiger partial charge in [-0.15, -0.1) is 0 Å². The van der Waals surface area contributed by atoms with E-state index in [0.717, 1.165) is 0 Å². The fourth-order valence-electron chi connectivity index (χ4n) is 1.52. The van der Waals surface area contributed by atoms with Gasteiger partial charge in [0.05, 0.1) is 0 Å². The number of allylic oxidation sites excluding steroid dienone is 1. The number of hydrogen-bond donors (Lipinski definition) is 0. The number of hydrogen-bond acceptors (Lipinski definition) is 3. The third-order valence-corrected chi connectivity index (χ3v) is 11.2. The topological polar surface area (TPSA) is 27.7 Å². The van der Waals surface area contributed by atoms with Crippen molar-refractivity contribution in [1.29, 1.82) is 0 Å². The first-order valence-corrected chi connectivity index (χ1v) is 11.5. The quantitative estimate of drug-likeness (QED) is 0.655. The van der Waals surface area contributed by atoms with Gasteiger partial charge < -0.3 is 0 Å². The first kappa shape index (κ1) is 17.4. The van der Waals surface area contributed by atoms with Crippen LogP contribution < -0.4 is 0 Å². The summed E-state index contributed by atoms with van der Waals surface area (Å²) in [6.07, 6.45) is 0.372. The Morgan fingerprint density at radius 1 is 0.765 bits per heavy atom. The predicted molar refractivity (Wildman–Crippen MR) is 73.8 cm³/mol. The van der Waals surface area contributed by atoms with Crippen LogP contribution in [0.15, 0.2) is 9.67 Å². The Hall–Kier alpha value is 0.419. The average molecular weight is 351 g/mol. The van der Waals surface area contributed by atoms with E-state index in [1.54, 1.807) is 0 Å². The summed E-state index contributed by atoms with van der Waals surface area (Å²) in [5.74, 6) is 0. The molecule has 4 heteroatoms. The molecule has 3 nitrogen and oxygen atoms in total. The molecule has 0 radical (unpaired) electrons. The van der Waals surface area contributed by atoms with Gasteiger partial charge in [-0.2, -0.15) is 0 Å². The van der Waals surface area contributed by atoms with Crippen LogP contribution in [-0.4, -0.2) is 37.9 Å². The maximum atomic E-state index is 6.06. The van der Waals surface area contributed by atoms with Crippen LogP contribution in [0, 0.1) is 0 Å². The number of rotatable bonds is 7. The Balaban J connectivity index is 5.12. The Bertz CT molecular complexity index is 217. The van der Waals surface area contributed by atoms with Crippen LogP contribution in [0.25, 0.3) is 0 Å². The summed E-state index contributed by atoms with van der Waals surface area (Å²) in [6, 6.07) is 0. The normalized spacial score (nSPS) is 12.6. The molecule has 0 aliphatic rings. The molecule has 0 aromatic rings. The second-order valence-electron chi connectivity index (χ2n) is 5.33. The summed E-state index contributed by atoms with van der Waals surface area (Å²) in [5, 5.41) is 0. The Morgan fingerprint density at radius 3 is 1.24 bits per heavy atom. The summed E-state index contributed by atoms with van der Waals surface area (Å²) in [4.78, 5) is 0. The molecule has 0 aromatic heterocycles. The molecule has 17 heavy (non-hydrogen) atoms. The molecule has 102 valence electrons. The van der Waals surface area contributed by atoms with Crippen LogP contribution in [0.2, 0.25) is 0 Å². The van der Waals surface area contributed by atoms with E-state index in [1.807, 2.05) is 41.5 Å². The van der Waals surface area contributed by atoms with Crippen molar-refractivity contribution in [3.8, 4) is 0 Å². The van der Waals surface area contributed by atoms with Crippen molar-refractivity contribution >= 4 is 19.6 Å². The van der Waals surface area contributed by atoms with Crippen molar-refractivity contribution in [2.45, 2.75) is 73.7 Å². The van der Waals surface area contributed by atoms with Gasteiger partial charge in [0.1, 0.15) is 0 Å². The molecule has 0 aliphatic heterocycles. The molecule has 0 aromatic carbocycles. The molecule has 0 bridgehead atoms. The first-order valence-electron chi connectivity index (χ1n) is 6.36. The van der Waals surface area contributed by atoms with Gasteiger partial charge in [0.15, 0.2) is 0 Å². The van der Waals surface area contributed by atoms with Crippen LogP contribution in [0.3, 0.4) is 0 Å². The summed E-state index contributed by atoms with van der Waals surface area (Å²) in [6.45, 7) is 16.3.